The van der Waals surface area contributed by atoms with Crippen molar-refractivity contribution in [2.75, 3.05) is 33.0 Å². The van der Waals surface area contributed by atoms with E-state index in [0.29, 0.717) is 12.4 Å². The Morgan fingerprint density at radius 2 is 2.00 bits per heavy atom. The normalized spacial score (nSPS) is 14.9. The Kier molecular flexibility index (Phi) is 9.74. The van der Waals surface area contributed by atoms with Crippen LogP contribution in [0.4, 0.5) is 0 Å². The predicted octanol–water partition coefficient (Wildman–Crippen LogP) is 1.66. The van der Waals surface area contributed by atoms with Crippen LogP contribution in [0.1, 0.15) is 0 Å². The molecule has 8 nitrogen and oxygen atoms in total. The maximum Gasteiger partial charge on any atom is 0.488 e. The lowest BCUT2D eigenvalue weighted by molar-refractivity contribution is -0.0422. The zero-order chi connectivity index (χ0) is 17.0. The van der Waals surface area contributed by atoms with Gasteiger partial charge >= 0.3 is 7.82 Å². The smallest absolute Gasteiger partial charge is 0.488 e. The molecule has 2 atom stereocenters. The van der Waals surface area contributed by atoms with Crippen molar-refractivity contribution in [2.24, 2.45) is 5.90 Å². The van der Waals surface area contributed by atoms with Crippen LogP contribution in [0.25, 0.3) is 0 Å². The molecule has 23 heavy (non-hydrogen) atoms. The molecule has 2 unspecified atom stereocenters. The Labute approximate surface area is 135 Å². The van der Waals surface area contributed by atoms with E-state index in [1.807, 2.05) is 30.3 Å². The summed E-state index contributed by atoms with van der Waals surface area (Å²) in [5, 5.41) is 0. The van der Waals surface area contributed by atoms with Gasteiger partial charge in [-0.3, -0.25) is 4.52 Å². The number of ether oxygens (including phenoxy) is 3. The monoisotopic (exact) mass is 347 g/mol. The van der Waals surface area contributed by atoms with Crippen molar-refractivity contribution in [3.05, 3.63) is 43.0 Å². The second-order valence-electron chi connectivity index (χ2n) is 4.35. The molecule has 130 valence electrons. The van der Waals surface area contributed by atoms with Gasteiger partial charge in [-0.25, -0.2) is 15.1 Å². The summed E-state index contributed by atoms with van der Waals surface area (Å²) in [6.45, 7) is 4.37. The molecule has 0 aromatic heterocycles. The minimum absolute atomic E-state index is 0.0498. The van der Waals surface area contributed by atoms with Crippen LogP contribution < -0.4 is 10.6 Å². The minimum atomic E-state index is -4.20. The van der Waals surface area contributed by atoms with Gasteiger partial charge < -0.3 is 19.1 Å². The first kappa shape index (κ1) is 19.8. The maximum absolute atomic E-state index is 11.0. The van der Waals surface area contributed by atoms with E-state index < -0.39 is 7.82 Å². The Morgan fingerprint density at radius 1 is 1.26 bits per heavy atom. The molecule has 0 aliphatic heterocycles. The van der Waals surface area contributed by atoms with Crippen molar-refractivity contribution < 1.29 is 32.8 Å². The van der Waals surface area contributed by atoms with E-state index in [2.05, 4.69) is 21.6 Å². The van der Waals surface area contributed by atoms with Crippen LogP contribution in [0, 0.1) is 0 Å². The fourth-order valence-corrected chi connectivity index (χ4v) is 1.90. The van der Waals surface area contributed by atoms with Gasteiger partial charge in [-0.15, -0.1) is 6.58 Å². The van der Waals surface area contributed by atoms with Crippen molar-refractivity contribution in [1.82, 2.24) is 0 Å². The zero-order valence-electron chi connectivity index (χ0n) is 12.7. The molecule has 1 rings (SSSR count). The van der Waals surface area contributed by atoms with Gasteiger partial charge in [0.2, 0.25) is 0 Å². The fourth-order valence-electron chi connectivity index (χ4n) is 1.53. The number of benzene rings is 1. The summed E-state index contributed by atoms with van der Waals surface area (Å²) < 4.78 is 35.8. The third kappa shape index (κ3) is 9.47. The van der Waals surface area contributed by atoms with Gasteiger partial charge in [-0.2, -0.15) is 0 Å². The zero-order valence-corrected chi connectivity index (χ0v) is 13.6. The van der Waals surface area contributed by atoms with E-state index >= 15 is 0 Å². The minimum Gasteiger partial charge on any atom is -0.491 e. The second-order valence-corrected chi connectivity index (χ2v) is 5.76. The molecule has 0 bridgehead atoms. The highest BCUT2D eigenvalue weighted by Gasteiger charge is 2.19. The number of hydrogen-bond acceptors (Lipinski definition) is 7. The van der Waals surface area contributed by atoms with E-state index in [1.54, 1.807) is 6.08 Å². The molecule has 9 heteroatoms. The summed E-state index contributed by atoms with van der Waals surface area (Å²) in [5.74, 6) is 5.32. The van der Waals surface area contributed by atoms with E-state index in [0.717, 1.165) is 0 Å². The Balaban J connectivity index is 2.35. The summed E-state index contributed by atoms with van der Waals surface area (Å²) in [6.07, 6.45) is 1.24. The van der Waals surface area contributed by atoms with Crippen LogP contribution in [0.5, 0.6) is 5.75 Å². The molecule has 0 saturated carbocycles. The molecule has 0 amide bonds. The van der Waals surface area contributed by atoms with Crippen LogP contribution >= 0.6 is 7.82 Å². The first-order chi connectivity index (χ1) is 11.1. The number of para-hydroxylation sites is 1. The Bertz CT molecular complexity index is 485. The number of hydrogen-bond donors (Lipinski definition) is 2. The number of nitrogens with two attached hydrogens (primary N) is 1. The number of rotatable bonds is 13. The summed E-state index contributed by atoms with van der Waals surface area (Å²) in [5.41, 5.74) is 0. The van der Waals surface area contributed by atoms with E-state index in [1.165, 1.54) is 0 Å². The molecule has 0 spiro atoms. The molecular formula is C14H22NO7P. The fraction of sp³-hybridized carbons (Fsp3) is 0.429. The topological polar surface area (TPSA) is 109 Å². The maximum atomic E-state index is 11.0. The number of phosphoric ester groups is 1. The van der Waals surface area contributed by atoms with Crippen LogP contribution in [0.15, 0.2) is 43.0 Å². The van der Waals surface area contributed by atoms with Crippen molar-refractivity contribution in [3.8, 4) is 5.75 Å². The lowest BCUT2D eigenvalue weighted by Gasteiger charge is -2.18. The van der Waals surface area contributed by atoms with Crippen LogP contribution in [0.3, 0.4) is 0 Å². The molecule has 0 fully saturated rings. The summed E-state index contributed by atoms with van der Waals surface area (Å²) >= 11 is 0. The van der Waals surface area contributed by atoms with Gasteiger partial charge in [0.25, 0.3) is 0 Å². The lowest BCUT2D eigenvalue weighted by atomic mass is 10.3. The molecule has 3 N–H and O–H groups in total. The van der Waals surface area contributed by atoms with Gasteiger partial charge in [0.15, 0.2) is 0 Å². The summed E-state index contributed by atoms with van der Waals surface area (Å²) in [6, 6.07) is 9.26. The van der Waals surface area contributed by atoms with Gasteiger partial charge in [-0.05, 0) is 12.1 Å². The van der Waals surface area contributed by atoms with Crippen LogP contribution in [-0.2, 0) is 23.2 Å². The summed E-state index contributed by atoms with van der Waals surface area (Å²) in [4.78, 5) is 8.98. The molecule has 0 aliphatic rings. The number of phosphoric acid groups is 1. The van der Waals surface area contributed by atoms with E-state index in [-0.39, 0.29) is 32.5 Å². The highest BCUT2D eigenvalue weighted by Crippen LogP contribution is 2.40. The standard InChI is InChI=1S/C14H22NO7P/c1-2-8-18-11-14(12-20-13-6-4-3-5-7-13)19-9-10-21-23(16,17)22-15/h2-7,14H,1,8-12,15H2,(H,16,17). The molecular weight excluding hydrogens is 325 g/mol. The van der Waals surface area contributed by atoms with Gasteiger partial charge in [0.1, 0.15) is 18.5 Å². The SMILES string of the molecule is C=CCOCC(COc1ccccc1)OCCOP(=O)(O)ON. The predicted molar refractivity (Wildman–Crippen MR) is 83.7 cm³/mol. The Hall–Kier alpha value is -1.25. The molecule has 0 radical (unpaired) electrons. The molecule has 1 aromatic carbocycles. The van der Waals surface area contributed by atoms with Crippen molar-refractivity contribution in [1.29, 1.82) is 0 Å². The average Bonchev–Trinajstić information content (AvgIpc) is 2.57. The molecule has 0 saturated heterocycles. The first-order valence-electron chi connectivity index (χ1n) is 6.91. The largest absolute Gasteiger partial charge is 0.491 e. The van der Waals surface area contributed by atoms with Gasteiger partial charge in [0, 0.05) is 0 Å². The van der Waals surface area contributed by atoms with Crippen LogP contribution in [0.2, 0.25) is 0 Å². The molecule has 0 heterocycles. The quantitative estimate of drug-likeness (QED) is 0.240. The highest BCUT2D eigenvalue weighted by molar-refractivity contribution is 7.47. The highest BCUT2D eigenvalue weighted by atomic mass is 31.2. The third-order valence-corrected chi connectivity index (χ3v) is 3.32. The average molecular weight is 347 g/mol. The Morgan fingerprint density at radius 3 is 2.65 bits per heavy atom. The lowest BCUT2D eigenvalue weighted by Crippen LogP contribution is -2.28. The van der Waals surface area contributed by atoms with Crippen LogP contribution in [-0.4, -0.2) is 44.0 Å². The van der Waals surface area contributed by atoms with E-state index in [9.17, 15) is 4.57 Å². The molecule has 0 aliphatic carbocycles. The van der Waals surface area contributed by atoms with Crippen molar-refractivity contribution in [2.45, 2.75) is 6.10 Å². The van der Waals surface area contributed by atoms with Crippen molar-refractivity contribution in [3.63, 3.8) is 0 Å². The van der Waals surface area contributed by atoms with Gasteiger partial charge in [-0.1, -0.05) is 24.3 Å². The third-order valence-electron chi connectivity index (χ3n) is 2.54. The second kappa shape index (κ2) is 11.3. The molecule has 1 aromatic rings. The van der Waals surface area contributed by atoms with E-state index in [4.69, 9.17) is 19.1 Å². The van der Waals surface area contributed by atoms with Gasteiger partial charge in [0.05, 0.1) is 26.4 Å². The summed E-state index contributed by atoms with van der Waals surface area (Å²) in [7, 11) is -4.20. The first-order valence-corrected chi connectivity index (χ1v) is 8.41. The van der Waals surface area contributed by atoms with Crippen molar-refractivity contribution >= 4 is 7.82 Å².